The Morgan fingerprint density at radius 1 is 1.05 bits per heavy atom. The van der Waals surface area contributed by atoms with Gasteiger partial charge in [-0.25, -0.2) is 4.79 Å². The van der Waals surface area contributed by atoms with Crippen LogP contribution in [-0.2, 0) is 16.1 Å². The first kappa shape index (κ1) is 13.9. The average molecular weight is 271 g/mol. The zero-order chi connectivity index (χ0) is 14.2. The Morgan fingerprint density at radius 3 is 2.40 bits per heavy atom. The van der Waals surface area contributed by atoms with Crippen molar-refractivity contribution in [2.75, 3.05) is 19.0 Å². The van der Waals surface area contributed by atoms with E-state index in [0.29, 0.717) is 5.75 Å². The molecule has 0 aromatic heterocycles. The van der Waals surface area contributed by atoms with Gasteiger partial charge in [0.1, 0.15) is 5.75 Å². The van der Waals surface area contributed by atoms with Gasteiger partial charge in [-0.3, -0.25) is 0 Å². The van der Waals surface area contributed by atoms with E-state index in [1.807, 2.05) is 42.5 Å². The smallest absolute Gasteiger partial charge is 0.343 e. The van der Waals surface area contributed by atoms with Crippen LogP contribution in [-0.4, -0.2) is 19.7 Å². The molecule has 0 saturated heterocycles. The Morgan fingerprint density at radius 2 is 1.75 bits per heavy atom. The first-order valence-electron chi connectivity index (χ1n) is 6.35. The number of rotatable bonds is 6. The van der Waals surface area contributed by atoms with E-state index in [4.69, 9.17) is 4.74 Å². The van der Waals surface area contributed by atoms with Gasteiger partial charge in [0.25, 0.3) is 0 Å². The minimum Gasteiger partial charge on any atom is -0.482 e. The highest BCUT2D eigenvalue weighted by atomic mass is 16.6. The largest absolute Gasteiger partial charge is 0.482 e. The van der Waals surface area contributed by atoms with Crippen LogP contribution in [0.4, 0.5) is 5.69 Å². The first-order chi connectivity index (χ1) is 9.78. The molecule has 0 aliphatic carbocycles. The summed E-state index contributed by atoms with van der Waals surface area (Å²) in [6.07, 6.45) is 0. The van der Waals surface area contributed by atoms with Crippen molar-refractivity contribution in [2.24, 2.45) is 0 Å². The number of nitrogens with one attached hydrogen (secondary N) is 1. The Kier molecular flexibility index (Phi) is 5.00. The molecular formula is C16H17NO3. The number of ether oxygens (including phenoxy) is 2. The molecule has 104 valence electrons. The van der Waals surface area contributed by atoms with Gasteiger partial charge in [-0.05, 0) is 29.8 Å². The maximum absolute atomic E-state index is 11.0. The van der Waals surface area contributed by atoms with E-state index in [-0.39, 0.29) is 6.61 Å². The minimum absolute atomic E-state index is 0.0761. The van der Waals surface area contributed by atoms with Gasteiger partial charge in [0, 0.05) is 12.2 Å². The second-order valence-corrected chi connectivity index (χ2v) is 4.23. The van der Waals surface area contributed by atoms with Crippen LogP contribution in [0.25, 0.3) is 0 Å². The van der Waals surface area contributed by atoms with Crippen molar-refractivity contribution < 1.29 is 14.3 Å². The van der Waals surface area contributed by atoms with Crippen LogP contribution in [0.3, 0.4) is 0 Å². The zero-order valence-electron chi connectivity index (χ0n) is 11.3. The molecule has 0 aliphatic heterocycles. The fourth-order valence-electron chi connectivity index (χ4n) is 1.67. The number of hydrogen-bond donors (Lipinski definition) is 1. The summed E-state index contributed by atoms with van der Waals surface area (Å²) in [6.45, 7) is 0.691. The van der Waals surface area contributed by atoms with Crippen LogP contribution in [0.1, 0.15) is 5.56 Å². The fraction of sp³-hybridized carbons (Fsp3) is 0.188. The Hall–Kier alpha value is -2.49. The molecule has 0 saturated carbocycles. The minimum atomic E-state index is -0.392. The Bertz CT molecular complexity index is 537. The molecule has 0 heterocycles. The molecule has 1 N–H and O–H groups in total. The highest BCUT2D eigenvalue weighted by Crippen LogP contribution is 2.16. The molecule has 0 bridgehead atoms. The van der Waals surface area contributed by atoms with E-state index >= 15 is 0 Å². The molecular weight excluding hydrogens is 254 g/mol. The summed E-state index contributed by atoms with van der Waals surface area (Å²) in [5, 5.41) is 3.32. The zero-order valence-corrected chi connectivity index (χ0v) is 11.3. The van der Waals surface area contributed by atoms with Gasteiger partial charge in [-0.2, -0.15) is 0 Å². The number of methoxy groups -OCH3 is 1. The molecule has 0 amide bonds. The van der Waals surface area contributed by atoms with Gasteiger partial charge in [0.15, 0.2) is 6.61 Å². The van der Waals surface area contributed by atoms with Crippen molar-refractivity contribution in [1.82, 2.24) is 0 Å². The highest BCUT2D eigenvalue weighted by Gasteiger charge is 2.01. The summed E-state index contributed by atoms with van der Waals surface area (Å²) in [6, 6.07) is 17.6. The number of carbonyl (C=O) groups excluding carboxylic acids is 1. The van der Waals surface area contributed by atoms with Crippen molar-refractivity contribution in [3.8, 4) is 5.75 Å². The highest BCUT2D eigenvalue weighted by molar-refractivity contribution is 5.70. The van der Waals surface area contributed by atoms with Gasteiger partial charge >= 0.3 is 5.97 Å². The molecule has 2 rings (SSSR count). The number of benzene rings is 2. The lowest BCUT2D eigenvalue weighted by molar-refractivity contribution is -0.142. The SMILES string of the molecule is COC(=O)COc1ccc(NCc2ccccc2)cc1. The monoisotopic (exact) mass is 271 g/mol. The lowest BCUT2D eigenvalue weighted by Gasteiger charge is -2.08. The normalized spacial score (nSPS) is 9.85. The number of hydrogen-bond acceptors (Lipinski definition) is 4. The summed E-state index contributed by atoms with van der Waals surface area (Å²) < 4.78 is 9.78. The second-order valence-electron chi connectivity index (χ2n) is 4.23. The fourth-order valence-corrected chi connectivity index (χ4v) is 1.67. The maximum Gasteiger partial charge on any atom is 0.343 e. The van der Waals surface area contributed by atoms with E-state index in [9.17, 15) is 4.79 Å². The summed E-state index contributed by atoms with van der Waals surface area (Å²) >= 11 is 0. The van der Waals surface area contributed by atoms with Gasteiger partial charge in [-0.15, -0.1) is 0 Å². The van der Waals surface area contributed by atoms with Crippen molar-refractivity contribution in [3.63, 3.8) is 0 Å². The third-order valence-corrected chi connectivity index (χ3v) is 2.78. The van der Waals surface area contributed by atoms with Crippen LogP contribution < -0.4 is 10.1 Å². The average Bonchev–Trinajstić information content (AvgIpc) is 2.52. The van der Waals surface area contributed by atoms with Crippen LogP contribution >= 0.6 is 0 Å². The molecule has 20 heavy (non-hydrogen) atoms. The lowest BCUT2D eigenvalue weighted by atomic mass is 10.2. The maximum atomic E-state index is 11.0. The van der Waals surface area contributed by atoms with E-state index in [0.717, 1.165) is 12.2 Å². The standard InChI is InChI=1S/C16H17NO3/c1-19-16(18)12-20-15-9-7-14(8-10-15)17-11-13-5-3-2-4-6-13/h2-10,17H,11-12H2,1H3. The first-order valence-corrected chi connectivity index (χ1v) is 6.35. The number of esters is 1. The summed E-state index contributed by atoms with van der Waals surface area (Å²) in [7, 11) is 1.34. The van der Waals surface area contributed by atoms with E-state index in [2.05, 4.69) is 22.2 Å². The predicted octanol–water partition coefficient (Wildman–Crippen LogP) is 2.85. The molecule has 0 atom stereocenters. The van der Waals surface area contributed by atoms with Gasteiger partial charge < -0.3 is 14.8 Å². The third-order valence-electron chi connectivity index (χ3n) is 2.78. The van der Waals surface area contributed by atoms with Crippen molar-refractivity contribution in [1.29, 1.82) is 0 Å². The van der Waals surface area contributed by atoms with Crippen molar-refractivity contribution in [3.05, 3.63) is 60.2 Å². The molecule has 0 aliphatic rings. The van der Waals surface area contributed by atoms with E-state index < -0.39 is 5.97 Å². The van der Waals surface area contributed by atoms with Gasteiger partial charge in [0.2, 0.25) is 0 Å². The lowest BCUT2D eigenvalue weighted by Crippen LogP contribution is -2.12. The van der Waals surface area contributed by atoms with Crippen LogP contribution in [0.5, 0.6) is 5.75 Å². The molecule has 0 unspecified atom stereocenters. The molecule has 2 aromatic carbocycles. The van der Waals surface area contributed by atoms with E-state index in [1.54, 1.807) is 0 Å². The Labute approximate surface area is 118 Å². The second kappa shape index (κ2) is 7.19. The van der Waals surface area contributed by atoms with Crippen LogP contribution in [0.2, 0.25) is 0 Å². The Balaban J connectivity index is 1.84. The van der Waals surface area contributed by atoms with Crippen LogP contribution in [0.15, 0.2) is 54.6 Å². The molecule has 4 nitrogen and oxygen atoms in total. The molecule has 0 spiro atoms. The molecule has 0 radical (unpaired) electrons. The number of anilines is 1. The summed E-state index contributed by atoms with van der Waals surface area (Å²) in [4.78, 5) is 11.0. The van der Waals surface area contributed by atoms with Gasteiger partial charge in [-0.1, -0.05) is 30.3 Å². The quantitative estimate of drug-likeness (QED) is 0.821. The topological polar surface area (TPSA) is 47.6 Å². The number of carbonyl (C=O) groups is 1. The van der Waals surface area contributed by atoms with Gasteiger partial charge in [0.05, 0.1) is 7.11 Å². The molecule has 0 fully saturated rings. The molecule has 4 heteroatoms. The van der Waals surface area contributed by atoms with Crippen LogP contribution in [0, 0.1) is 0 Å². The molecule has 2 aromatic rings. The van der Waals surface area contributed by atoms with Crippen molar-refractivity contribution >= 4 is 11.7 Å². The van der Waals surface area contributed by atoms with Crippen molar-refractivity contribution in [2.45, 2.75) is 6.54 Å². The van der Waals surface area contributed by atoms with E-state index in [1.165, 1.54) is 12.7 Å². The summed E-state index contributed by atoms with van der Waals surface area (Å²) in [5.74, 6) is 0.247. The third kappa shape index (κ3) is 4.31. The summed E-state index contributed by atoms with van der Waals surface area (Å²) in [5.41, 5.74) is 2.22. The predicted molar refractivity (Wildman–Crippen MR) is 77.7 cm³/mol.